The third-order valence-corrected chi connectivity index (χ3v) is 4.44. The highest BCUT2D eigenvalue weighted by molar-refractivity contribution is 5.10. The van der Waals surface area contributed by atoms with Gasteiger partial charge in [-0.15, -0.1) is 0 Å². The van der Waals surface area contributed by atoms with Gasteiger partial charge >= 0.3 is 0 Å². The van der Waals surface area contributed by atoms with E-state index >= 15 is 0 Å². The van der Waals surface area contributed by atoms with Crippen LogP contribution in [-0.2, 0) is 0 Å². The fourth-order valence-corrected chi connectivity index (χ4v) is 3.58. The molecule has 3 saturated carbocycles. The minimum Gasteiger partial charge on any atom is -0.310 e. The topological polar surface area (TPSA) is 4.36 Å². The smallest absolute Gasteiger partial charge is 0.232 e. The van der Waals surface area contributed by atoms with E-state index in [1.807, 2.05) is 0 Å². The van der Waals surface area contributed by atoms with Crippen molar-refractivity contribution in [3.05, 3.63) is 11.4 Å². The van der Waals surface area contributed by atoms with E-state index in [-0.39, 0.29) is 5.54 Å². The Hall–Kier alpha value is -0.510. The number of fused-ring (bicyclic) bond motifs is 3. The van der Waals surface area contributed by atoms with Crippen LogP contribution < -0.4 is 0 Å². The zero-order valence-electron chi connectivity index (χ0n) is 9.47. The van der Waals surface area contributed by atoms with Crippen molar-refractivity contribution in [2.75, 3.05) is 0 Å². The second kappa shape index (κ2) is 3.26. The van der Waals surface area contributed by atoms with E-state index in [0.717, 1.165) is 5.92 Å². The first kappa shape index (κ1) is 10.0. The van der Waals surface area contributed by atoms with Gasteiger partial charge in [0, 0.05) is 19.3 Å². The maximum atomic E-state index is 7.30. The highest BCUT2D eigenvalue weighted by Crippen LogP contribution is 2.56. The molecule has 0 spiro atoms. The molecule has 14 heavy (non-hydrogen) atoms. The lowest BCUT2D eigenvalue weighted by Gasteiger charge is -2.48. The molecule has 0 saturated heterocycles. The van der Waals surface area contributed by atoms with Gasteiger partial charge in [-0.25, -0.2) is 6.57 Å². The van der Waals surface area contributed by atoms with E-state index in [1.165, 1.54) is 44.9 Å². The Labute approximate surface area is 87.7 Å². The van der Waals surface area contributed by atoms with Crippen LogP contribution in [0.4, 0.5) is 0 Å². The highest BCUT2D eigenvalue weighted by Gasteiger charge is 2.52. The van der Waals surface area contributed by atoms with Crippen molar-refractivity contribution < 1.29 is 0 Å². The van der Waals surface area contributed by atoms with Gasteiger partial charge in [0.2, 0.25) is 5.54 Å². The Morgan fingerprint density at radius 2 is 1.57 bits per heavy atom. The number of nitrogens with zero attached hydrogens (tertiary/aromatic N) is 1. The first-order chi connectivity index (χ1) is 6.60. The average molecular weight is 191 g/mol. The SMILES string of the molecule is [C-]#[N+]C12CCC(CC(C)C)(CC1)CC2. The summed E-state index contributed by atoms with van der Waals surface area (Å²) in [5.41, 5.74) is 0.722. The van der Waals surface area contributed by atoms with Crippen molar-refractivity contribution >= 4 is 0 Å². The minimum atomic E-state index is 0.0821. The monoisotopic (exact) mass is 191 g/mol. The van der Waals surface area contributed by atoms with Crippen molar-refractivity contribution in [2.24, 2.45) is 11.3 Å². The van der Waals surface area contributed by atoms with Crippen LogP contribution in [0.5, 0.6) is 0 Å². The molecular formula is C13H21N. The molecule has 3 fully saturated rings. The summed E-state index contributed by atoms with van der Waals surface area (Å²) in [7, 11) is 0. The molecule has 0 radical (unpaired) electrons. The minimum absolute atomic E-state index is 0.0821. The van der Waals surface area contributed by atoms with E-state index in [9.17, 15) is 0 Å². The fourth-order valence-electron chi connectivity index (χ4n) is 3.58. The van der Waals surface area contributed by atoms with E-state index in [1.54, 1.807) is 0 Å². The first-order valence-electron chi connectivity index (χ1n) is 5.99. The average Bonchev–Trinajstić information content (AvgIpc) is 2.19. The van der Waals surface area contributed by atoms with Crippen LogP contribution in [0.1, 0.15) is 58.8 Å². The molecule has 0 aromatic heterocycles. The Morgan fingerprint density at radius 1 is 1.07 bits per heavy atom. The van der Waals surface area contributed by atoms with Crippen LogP contribution in [0, 0.1) is 17.9 Å². The van der Waals surface area contributed by atoms with Gasteiger partial charge in [0.1, 0.15) is 0 Å². The van der Waals surface area contributed by atoms with Crippen LogP contribution in [0.3, 0.4) is 0 Å². The molecule has 0 aromatic rings. The molecule has 1 nitrogen and oxygen atoms in total. The molecule has 3 aliphatic carbocycles. The Bertz CT molecular complexity index is 234. The molecule has 0 amide bonds. The van der Waals surface area contributed by atoms with Crippen LogP contribution in [0.15, 0.2) is 0 Å². The summed E-state index contributed by atoms with van der Waals surface area (Å²) in [6.07, 6.45) is 8.92. The molecule has 0 heterocycles. The van der Waals surface area contributed by atoms with Crippen LogP contribution in [0.2, 0.25) is 0 Å². The molecule has 0 aliphatic heterocycles. The Kier molecular flexibility index (Phi) is 2.33. The molecule has 3 rings (SSSR count). The third-order valence-electron chi connectivity index (χ3n) is 4.44. The standard InChI is InChI=1S/C13H21N/c1-11(2)10-12-4-7-13(14-3,8-5-12)9-6-12/h11H,4-10H2,1-2H3. The molecule has 2 bridgehead atoms. The largest absolute Gasteiger partial charge is 0.310 e. The van der Waals surface area contributed by atoms with Crippen molar-refractivity contribution in [3.8, 4) is 0 Å². The predicted octanol–water partition coefficient (Wildman–Crippen LogP) is 4.04. The van der Waals surface area contributed by atoms with Gasteiger partial charge in [0.25, 0.3) is 0 Å². The quantitative estimate of drug-likeness (QED) is 0.580. The Balaban J connectivity index is 2.06. The van der Waals surface area contributed by atoms with Gasteiger partial charge in [-0.1, -0.05) is 13.8 Å². The zero-order valence-corrected chi connectivity index (χ0v) is 9.47. The molecule has 0 unspecified atom stereocenters. The lowest BCUT2D eigenvalue weighted by molar-refractivity contribution is 0.0435. The molecule has 0 aromatic carbocycles. The van der Waals surface area contributed by atoms with E-state index in [4.69, 9.17) is 6.57 Å². The third kappa shape index (κ3) is 1.56. The first-order valence-corrected chi connectivity index (χ1v) is 5.99. The van der Waals surface area contributed by atoms with Crippen molar-refractivity contribution in [1.29, 1.82) is 0 Å². The zero-order chi connectivity index (χ0) is 10.2. The van der Waals surface area contributed by atoms with Gasteiger partial charge < -0.3 is 4.85 Å². The summed E-state index contributed by atoms with van der Waals surface area (Å²) in [6.45, 7) is 12.0. The summed E-state index contributed by atoms with van der Waals surface area (Å²) in [5, 5.41) is 0. The number of hydrogen-bond donors (Lipinski definition) is 0. The van der Waals surface area contributed by atoms with Crippen molar-refractivity contribution in [2.45, 2.75) is 64.3 Å². The molecule has 0 atom stereocenters. The molecule has 1 heteroatoms. The lowest BCUT2D eigenvalue weighted by Crippen LogP contribution is -2.44. The second-order valence-corrected chi connectivity index (χ2v) is 5.93. The van der Waals surface area contributed by atoms with Crippen LogP contribution in [0.25, 0.3) is 4.85 Å². The normalized spacial score (nSPS) is 41.3. The highest BCUT2D eigenvalue weighted by atomic mass is 14.8. The van der Waals surface area contributed by atoms with Crippen LogP contribution in [-0.4, -0.2) is 5.54 Å². The summed E-state index contributed by atoms with van der Waals surface area (Å²) in [4.78, 5) is 3.90. The van der Waals surface area contributed by atoms with Gasteiger partial charge in [0.05, 0.1) is 0 Å². The van der Waals surface area contributed by atoms with Crippen LogP contribution >= 0.6 is 0 Å². The molecule has 78 valence electrons. The summed E-state index contributed by atoms with van der Waals surface area (Å²) in [6, 6.07) is 0. The van der Waals surface area contributed by atoms with E-state index < -0.39 is 0 Å². The fraction of sp³-hybridized carbons (Fsp3) is 0.923. The van der Waals surface area contributed by atoms with Gasteiger partial charge in [-0.05, 0) is 37.0 Å². The second-order valence-electron chi connectivity index (χ2n) is 5.93. The lowest BCUT2D eigenvalue weighted by atomic mass is 9.55. The van der Waals surface area contributed by atoms with Gasteiger partial charge in [-0.2, -0.15) is 0 Å². The summed E-state index contributed by atoms with van der Waals surface area (Å²) >= 11 is 0. The molecule has 3 aliphatic rings. The summed E-state index contributed by atoms with van der Waals surface area (Å²) in [5.74, 6) is 0.827. The maximum absolute atomic E-state index is 7.30. The van der Waals surface area contributed by atoms with E-state index in [2.05, 4.69) is 18.7 Å². The summed E-state index contributed by atoms with van der Waals surface area (Å²) < 4.78 is 0. The number of hydrogen-bond acceptors (Lipinski definition) is 0. The van der Waals surface area contributed by atoms with Gasteiger partial charge in [0.15, 0.2) is 0 Å². The molecular weight excluding hydrogens is 170 g/mol. The van der Waals surface area contributed by atoms with E-state index in [0.29, 0.717) is 5.41 Å². The van der Waals surface area contributed by atoms with Gasteiger partial charge in [-0.3, -0.25) is 0 Å². The molecule has 0 N–H and O–H groups in total. The maximum Gasteiger partial charge on any atom is 0.232 e. The Morgan fingerprint density at radius 3 is 1.93 bits per heavy atom. The van der Waals surface area contributed by atoms with Crippen molar-refractivity contribution in [1.82, 2.24) is 0 Å². The predicted molar refractivity (Wildman–Crippen MR) is 58.9 cm³/mol. The number of rotatable bonds is 2. The van der Waals surface area contributed by atoms with Crippen molar-refractivity contribution in [3.63, 3.8) is 0 Å².